The smallest absolute Gasteiger partial charge is 0.410 e. The number of piperidine rings is 2. The molecule has 1 aliphatic carbocycles. The topological polar surface area (TPSA) is 46.6 Å². The summed E-state index contributed by atoms with van der Waals surface area (Å²) in [4.78, 5) is 27.9. The number of hydrogen-bond acceptors (Lipinski definition) is 3. The van der Waals surface area contributed by atoms with Crippen LogP contribution in [0.5, 0.6) is 0 Å². The van der Waals surface area contributed by atoms with Crippen molar-refractivity contribution in [1.82, 2.24) is 4.90 Å². The first kappa shape index (κ1) is 18.3. The second-order valence-corrected chi connectivity index (χ2v) is 9.20. The van der Waals surface area contributed by atoms with Crippen LogP contribution in [0.1, 0.15) is 64.0 Å². The molecule has 0 N–H and O–H groups in total. The van der Waals surface area contributed by atoms with Crippen LogP contribution in [-0.2, 0) is 16.0 Å². The molecule has 2 fully saturated rings. The van der Waals surface area contributed by atoms with Crippen LogP contribution in [0.3, 0.4) is 0 Å². The lowest BCUT2D eigenvalue weighted by atomic mass is 9.75. The van der Waals surface area contributed by atoms with Crippen LogP contribution in [0.4, 0.5) is 4.79 Å². The van der Waals surface area contributed by atoms with Gasteiger partial charge in [-0.25, -0.2) is 4.79 Å². The van der Waals surface area contributed by atoms with E-state index in [9.17, 15) is 9.59 Å². The molecule has 3 aliphatic rings. The number of carbonyl (C=O) groups excluding carboxylic acids is 2. The Morgan fingerprint density at radius 2 is 1.74 bits per heavy atom. The SMILES string of the molecule is CC(C)(C)OC(=O)N1C2CCCC1CC(C(=O)C1=Cc3ccccc3C1)C2. The van der Waals surface area contributed by atoms with Crippen LogP contribution in [0, 0.1) is 5.92 Å². The zero-order chi connectivity index (χ0) is 19.2. The van der Waals surface area contributed by atoms with E-state index in [1.165, 1.54) is 11.1 Å². The molecular formula is C23H29NO3. The zero-order valence-electron chi connectivity index (χ0n) is 16.5. The molecule has 4 heteroatoms. The van der Waals surface area contributed by atoms with Crippen LogP contribution in [0.15, 0.2) is 29.8 Å². The number of carbonyl (C=O) groups is 2. The van der Waals surface area contributed by atoms with E-state index in [1.807, 2.05) is 37.8 Å². The molecule has 1 amide bonds. The first-order chi connectivity index (χ1) is 12.8. The molecule has 4 nitrogen and oxygen atoms in total. The molecule has 1 aromatic rings. The maximum Gasteiger partial charge on any atom is 0.410 e. The van der Waals surface area contributed by atoms with Gasteiger partial charge in [-0.2, -0.15) is 0 Å². The van der Waals surface area contributed by atoms with Gasteiger partial charge in [0.2, 0.25) is 0 Å². The summed E-state index contributed by atoms with van der Waals surface area (Å²) in [5.74, 6) is 0.312. The lowest BCUT2D eigenvalue weighted by Gasteiger charge is -2.48. The summed E-state index contributed by atoms with van der Waals surface area (Å²) in [6, 6.07) is 8.49. The van der Waals surface area contributed by atoms with Crippen molar-refractivity contribution in [2.45, 2.75) is 77.0 Å². The van der Waals surface area contributed by atoms with Crippen LogP contribution < -0.4 is 0 Å². The van der Waals surface area contributed by atoms with Crippen molar-refractivity contribution < 1.29 is 14.3 Å². The Bertz CT molecular complexity index is 775. The molecule has 2 saturated heterocycles. The number of amides is 1. The molecule has 2 bridgehead atoms. The highest BCUT2D eigenvalue weighted by molar-refractivity contribution is 6.03. The summed E-state index contributed by atoms with van der Waals surface area (Å²) >= 11 is 0. The van der Waals surface area contributed by atoms with Crippen molar-refractivity contribution in [3.05, 3.63) is 41.0 Å². The fraction of sp³-hybridized carbons (Fsp3) is 0.565. The molecule has 2 atom stereocenters. The van der Waals surface area contributed by atoms with Crippen molar-refractivity contribution in [1.29, 1.82) is 0 Å². The highest BCUT2D eigenvalue weighted by atomic mass is 16.6. The van der Waals surface area contributed by atoms with Gasteiger partial charge in [-0.1, -0.05) is 24.3 Å². The Morgan fingerprint density at radius 3 is 2.37 bits per heavy atom. The molecule has 144 valence electrons. The number of allylic oxidation sites excluding steroid dienone is 1. The number of hydrogen-bond donors (Lipinski definition) is 0. The Balaban J connectivity index is 1.47. The third-order valence-electron chi connectivity index (χ3n) is 6.03. The average molecular weight is 367 g/mol. The number of rotatable bonds is 2. The van der Waals surface area contributed by atoms with Crippen LogP contribution in [-0.4, -0.2) is 34.5 Å². The summed E-state index contributed by atoms with van der Waals surface area (Å²) in [6.45, 7) is 5.71. The molecule has 1 aromatic carbocycles. The van der Waals surface area contributed by atoms with E-state index >= 15 is 0 Å². The van der Waals surface area contributed by atoms with E-state index < -0.39 is 5.60 Å². The summed E-state index contributed by atoms with van der Waals surface area (Å²) in [5.41, 5.74) is 2.86. The van der Waals surface area contributed by atoms with E-state index in [0.717, 1.165) is 44.1 Å². The molecular weight excluding hydrogens is 338 g/mol. The van der Waals surface area contributed by atoms with Gasteiger partial charge in [-0.15, -0.1) is 0 Å². The van der Waals surface area contributed by atoms with Crippen molar-refractivity contribution >= 4 is 18.0 Å². The third kappa shape index (κ3) is 3.67. The van der Waals surface area contributed by atoms with Gasteiger partial charge in [-0.3, -0.25) is 4.79 Å². The summed E-state index contributed by atoms with van der Waals surface area (Å²) in [6.07, 6.45) is 7.20. The van der Waals surface area contributed by atoms with E-state index in [-0.39, 0.29) is 29.9 Å². The minimum Gasteiger partial charge on any atom is -0.444 e. The van der Waals surface area contributed by atoms with Gasteiger partial charge in [0, 0.05) is 30.0 Å². The quantitative estimate of drug-likeness (QED) is 0.757. The van der Waals surface area contributed by atoms with Gasteiger partial charge in [-0.05, 0) is 70.1 Å². The number of benzene rings is 1. The fourth-order valence-corrected chi connectivity index (χ4v) is 4.91. The fourth-order valence-electron chi connectivity index (χ4n) is 4.91. The Labute approximate surface area is 161 Å². The molecule has 27 heavy (non-hydrogen) atoms. The largest absolute Gasteiger partial charge is 0.444 e. The van der Waals surface area contributed by atoms with Crippen molar-refractivity contribution in [2.24, 2.45) is 5.92 Å². The van der Waals surface area contributed by atoms with Gasteiger partial charge in [0.15, 0.2) is 5.78 Å². The standard InChI is InChI=1S/C23H29NO3/c1-23(2,3)27-22(26)24-19-9-6-10-20(24)14-18(13-19)21(25)17-11-15-7-4-5-8-16(15)12-17/h4-5,7-8,11,18-20H,6,9-10,12-14H2,1-3H3. The molecule has 2 heterocycles. The first-order valence-corrected chi connectivity index (χ1v) is 10.2. The van der Waals surface area contributed by atoms with Gasteiger partial charge < -0.3 is 9.64 Å². The molecule has 2 unspecified atom stereocenters. The first-order valence-electron chi connectivity index (χ1n) is 10.2. The highest BCUT2D eigenvalue weighted by Crippen LogP contribution is 2.40. The van der Waals surface area contributed by atoms with E-state index in [2.05, 4.69) is 18.2 Å². The summed E-state index contributed by atoms with van der Waals surface area (Å²) in [7, 11) is 0. The minimum absolute atomic E-state index is 0.0274. The van der Waals surface area contributed by atoms with Gasteiger partial charge in [0.1, 0.15) is 5.60 Å². The van der Waals surface area contributed by atoms with Crippen molar-refractivity contribution in [2.75, 3.05) is 0 Å². The van der Waals surface area contributed by atoms with E-state index in [0.29, 0.717) is 0 Å². The molecule has 0 aromatic heterocycles. The molecule has 2 aliphatic heterocycles. The lowest BCUT2D eigenvalue weighted by Crippen LogP contribution is -2.56. The molecule has 4 rings (SSSR count). The number of fused-ring (bicyclic) bond motifs is 3. The Morgan fingerprint density at radius 1 is 1.07 bits per heavy atom. The number of ketones is 1. The molecule has 0 saturated carbocycles. The maximum absolute atomic E-state index is 13.2. The third-order valence-corrected chi connectivity index (χ3v) is 6.03. The minimum atomic E-state index is -0.488. The predicted octanol–water partition coefficient (Wildman–Crippen LogP) is 4.76. The van der Waals surface area contributed by atoms with E-state index in [1.54, 1.807) is 0 Å². The zero-order valence-corrected chi connectivity index (χ0v) is 16.5. The van der Waals surface area contributed by atoms with E-state index in [4.69, 9.17) is 4.74 Å². The monoisotopic (exact) mass is 367 g/mol. The second kappa shape index (κ2) is 6.81. The van der Waals surface area contributed by atoms with Gasteiger partial charge in [0.25, 0.3) is 0 Å². The van der Waals surface area contributed by atoms with Crippen LogP contribution >= 0.6 is 0 Å². The molecule has 0 spiro atoms. The van der Waals surface area contributed by atoms with Crippen LogP contribution in [0.25, 0.3) is 6.08 Å². The second-order valence-electron chi connectivity index (χ2n) is 9.20. The average Bonchev–Trinajstić information content (AvgIpc) is 3.02. The summed E-state index contributed by atoms with van der Waals surface area (Å²) < 4.78 is 5.64. The Kier molecular flexibility index (Phi) is 4.61. The van der Waals surface area contributed by atoms with Crippen molar-refractivity contribution in [3.63, 3.8) is 0 Å². The normalized spacial score (nSPS) is 27.0. The molecule has 0 radical (unpaired) electrons. The van der Waals surface area contributed by atoms with Gasteiger partial charge >= 0.3 is 6.09 Å². The predicted molar refractivity (Wildman–Crippen MR) is 105 cm³/mol. The highest BCUT2D eigenvalue weighted by Gasteiger charge is 2.44. The Hall–Kier alpha value is -2.10. The lowest BCUT2D eigenvalue weighted by molar-refractivity contribution is -0.123. The summed E-state index contributed by atoms with van der Waals surface area (Å²) in [5, 5.41) is 0. The van der Waals surface area contributed by atoms with Crippen molar-refractivity contribution in [3.8, 4) is 0 Å². The number of ether oxygens (including phenoxy) is 1. The van der Waals surface area contributed by atoms with Crippen LogP contribution in [0.2, 0.25) is 0 Å². The maximum atomic E-state index is 13.2. The number of nitrogens with zero attached hydrogens (tertiary/aromatic N) is 1. The number of Topliss-reactive ketones (excluding diaryl/α,β-unsaturated/α-hetero) is 1. The van der Waals surface area contributed by atoms with Gasteiger partial charge in [0.05, 0.1) is 0 Å².